The van der Waals surface area contributed by atoms with Crippen LogP contribution in [-0.4, -0.2) is 14.5 Å². The Balaban J connectivity index is 2.30. The van der Waals surface area contributed by atoms with Crippen molar-refractivity contribution in [2.75, 3.05) is 0 Å². The van der Waals surface area contributed by atoms with Crippen LogP contribution < -0.4 is 0 Å². The Morgan fingerprint density at radius 1 is 1.29 bits per heavy atom. The largest absolute Gasteiger partial charge is 0.317 e. The number of fused-ring (bicyclic) bond motifs is 1. The van der Waals surface area contributed by atoms with Gasteiger partial charge in [0.15, 0.2) is 5.82 Å². The smallest absolute Gasteiger partial charge is 0.153 e. The quantitative estimate of drug-likeness (QED) is 0.654. The van der Waals surface area contributed by atoms with Crippen LogP contribution >= 0.6 is 22.9 Å². The number of alkyl halides is 1. The predicted octanol–water partition coefficient (Wildman–Crippen LogP) is 4.68. The van der Waals surface area contributed by atoms with E-state index in [-0.39, 0.29) is 11.6 Å². The summed E-state index contributed by atoms with van der Waals surface area (Å²) < 4.78 is 29.3. The summed E-state index contributed by atoms with van der Waals surface area (Å²) in [7, 11) is 0. The summed E-state index contributed by atoms with van der Waals surface area (Å²) in [6.07, 6.45) is 1.70. The van der Waals surface area contributed by atoms with E-state index in [1.165, 1.54) is 17.4 Å². The van der Waals surface area contributed by atoms with E-state index in [1.807, 2.05) is 12.3 Å². The molecular formula is C14H12ClF2N3S. The lowest BCUT2D eigenvalue weighted by molar-refractivity contribution is 0.587. The van der Waals surface area contributed by atoms with Crippen molar-refractivity contribution >= 4 is 34.0 Å². The summed E-state index contributed by atoms with van der Waals surface area (Å²) in [6, 6.07) is 1.90. The molecular weight excluding hydrogens is 316 g/mol. The maximum Gasteiger partial charge on any atom is 0.153 e. The molecule has 0 aliphatic heterocycles. The number of hydrogen-bond acceptors (Lipinski definition) is 3. The van der Waals surface area contributed by atoms with Gasteiger partial charge in [-0.2, -0.15) is 0 Å². The Morgan fingerprint density at radius 2 is 2.05 bits per heavy atom. The van der Waals surface area contributed by atoms with Crippen LogP contribution in [0.2, 0.25) is 0 Å². The van der Waals surface area contributed by atoms with Gasteiger partial charge in [0.25, 0.3) is 0 Å². The normalized spacial score (nSPS) is 14.5. The molecule has 3 aromatic rings. The van der Waals surface area contributed by atoms with Crippen molar-refractivity contribution in [3.8, 4) is 0 Å². The first-order valence-corrected chi connectivity index (χ1v) is 7.71. The highest BCUT2D eigenvalue weighted by atomic mass is 35.5. The number of imidazole rings is 1. The van der Waals surface area contributed by atoms with E-state index in [2.05, 4.69) is 9.97 Å². The SMILES string of the molecule is CC(Cl)c1nc2c(F)cc(F)cc2n1C(C)c1nccs1. The van der Waals surface area contributed by atoms with Gasteiger partial charge in [-0.05, 0) is 13.8 Å². The fourth-order valence-corrected chi connectivity index (χ4v) is 3.22. The maximum absolute atomic E-state index is 13.9. The van der Waals surface area contributed by atoms with Crippen molar-refractivity contribution in [3.05, 3.63) is 46.2 Å². The van der Waals surface area contributed by atoms with Crippen molar-refractivity contribution in [2.24, 2.45) is 0 Å². The molecule has 0 fully saturated rings. The van der Waals surface area contributed by atoms with Crippen LogP contribution in [0.1, 0.15) is 36.1 Å². The Labute approximate surface area is 129 Å². The second-order valence-electron chi connectivity index (χ2n) is 4.76. The number of hydrogen-bond donors (Lipinski definition) is 0. The van der Waals surface area contributed by atoms with Gasteiger partial charge in [-0.1, -0.05) is 0 Å². The van der Waals surface area contributed by atoms with E-state index >= 15 is 0 Å². The van der Waals surface area contributed by atoms with Crippen LogP contribution in [0.4, 0.5) is 8.78 Å². The summed E-state index contributed by atoms with van der Waals surface area (Å²) in [5.74, 6) is -0.825. The van der Waals surface area contributed by atoms with Crippen LogP contribution in [0.5, 0.6) is 0 Å². The average Bonchev–Trinajstić information content (AvgIpc) is 3.04. The molecule has 0 aliphatic carbocycles. The Hall–Kier alpha value is -1.53. The van der Waals surface area contributed by atoms with Gasteiger partial charge in [-0.25, -0.2) is 18.7 Å². The zero-order valence-electron chi connectivity index (χ0n) is 11.3. The molecule has 3 nitrogen and oxygen atoms in total. The predicted molar refractivity (Wildman–Crippen MR) is 79.8 cm³/mol. The third-order valence-corrected chi connectivity index (χ3v) is 4.43. The van der Waals surface area contributed by atoms with E-state index in [4.69, 9.17) is 11.6 Å². The number of halogens is 3. The molecule has 3 rings (SSSR count). The van der Waals surface area contributed by atoms with E-state index < -0.39 is 17.0 Å². The first-order chi connectivity index (χ1) is 9.99. The van der Waals surface area contributed by atoms with Crippen molar-refractivity contribution in [2.45, 2.75) is 25.3 Å². The van der Waals surface area contributed by atoms with Gasteiger partial charge in [0.1, 0.15) is 22.2 Å². The maximum atomic E-state index is 13.9. The van der Waals surface area contributed by atoms with Crippen LogP contribution in [0, 0.1) is 11.6 Å². The molecule has 0 saturated heterocycles. The molecule has 7 heteroatoms. The van der Waals surface area contributed by atoms with Gasteiger partial charge in [0.05, 0.1) is 16.9 Å². The zero-order chi connectivity index (χ0) is 15.1. The molecule has 0 amide bonds. The molecule has 0 N–H and O–H groups in total. The lowest BCUT2D eigenvalue weighted by Gasteiger charge is -2.16. The summed E-state index contributed by atoms with van der Waals surface area (Å²) in [5.41, 5.74) is 0.514. The van der Waals surface area contributed by atoms with E-state index in [0.717, 1.165) is 11.1 Å². The van der Waals surface area contributed by atoms with Crippen molar-refractivity contribution in [1.82, 2.24) is 14.5 Å². The second-order valence-corrected chi connectivity index (χ2v) is 6.34. The van der Waals surface area contributed by atoms with Crippen molar-refractivity contribution in [3.63, 3.8) is 0 Å². The molecule has 2 unspecified atom stereocenters. The number of benzene rings is 1. The summed E-state index contributed by atoms with van der Waals surface area (Å²) in [6.45, 7) is 3.66. The number of nitrogens with zero attached hydrogens (tertiary/aromatic N) is 3. The molecule has 0 saturated carbocycles. The average molecular weight is 328 g/mol. The number of thiazole rings is 1. The molecule has 21 heavy (non-hydrogen) atoms. The van der Waals surface area contributed by atoms with Gasteiger partial charge in [0.2, 0.25) is 0 Å². The molecule has 0 radical (unpaired) electrons. The van der Waals surface area contributed by atoms with Gasteiger partial charge in [-0.3, -0.25) is 0 Å². The van der Waals surface area contributed by atoms with Gasteiger partial charge >= 0.3 is 0 Å². The number of aromatic nitrogens is 3. The monoisotopic (exact) mass is 327 g/mol. The lowest BCUT2D eigenvalue weighted by atomic mass is 10.2. The summed E-state index contributed by atoms with van der Waals surface area (Å²) in [5, 5.41) is 2.26. The molecule has 0 spiro atoms. The van der Waals surface area contributed by atoms with Gasteiger partial charge < -0.3 is 4.57 Å². The summed E-state index contributed by atoms with van der Waals surface area (Å²) in [4.78, 5) is 8.51. The van der Waals surface area contributed by atoms with Gasteiger partial charge in [-0.15, -0.1) is 22.9 Å². The molecule has 0 aliphatic rings. The van der Waals surface area contributed by atoms with E-state index in [9.17, 15) is 8.78 Å². The highest BCUT2D eigenvalue weighted by molar-refractivity contribution is 7.09. The van der Waals surface area contributed by atoms with E-state index in [0.29, 0.717) is 11.3 Å². The van der Waals surface area contributed by atoms with Crippen LogP contribution in [0.15, 0.2) is 23.7 Å². The molecule has 2 atom stereocenters. The fraction of sp³-hybridized carbons (Fsp3) is 0.286. The molecule has 2 aromatic heterocycles. The third kappa shape index (κ3) is 2.42. The van der Waals surface area contributed by atoms with Crippen molar-refractivity contribution in [1.29, 1.82) is 0 Å². The van der Waals surface area contributed by atoms with Crippen LogP contribution in [-0.2, 0) is 0 Å². The Morgan fingerprint density at radius 3 is 2.67 bits per heavy atom. The molecule has 0 bridgehead atoms. The lowest BCUT2D eigenvalue weighted by Crippen LogP contribution is -2.11. The second kappa shape index (κ2) is 5.35. The Bertz CT molecular complexity index is 783. The minimum Gasteiger partial charge on any atom is -0.317 e. The van der Waals surface area contributed by atoms with Crippen LogP contribution in [0.3, 0.4) is 0 Å². The fourth-order valence-electron chi connectivity index (χ4n) is 2.38. The highest BCUT2D eigenvalue weighted by Crippen LogP contribution is 2.32. The standard InChI is InChI=1S/C14H12ClF2N3S/c1-7(15)13-19-12-10(17)5-9(16)6-11(12)20(13)8(2)14-18-3-4-21-14/h3-8H,1-2H3. The van der Waals surface area contributed by atoms with Crippen LogP contribution in [0.25, 0.3) is 11.0 Å². The minimum absolute atomic E-state index is 0.127. The third-order valence-electron chi connectivity index (χ3n) is 3.29. The van der Waals surface area contributed by atoms with E-state index in [1.54, 1.807) is 17.7 Å². The molecule has 1 aromatic carbocycles. The number of rotatable bonds is 3. The topological polar surface area (TPSA) is 30.7 Å². The molecule has 110 valence electrons. The zero-order valence-corrected chi connectivity index (χ0v) is 12.9. The first kappa shape index (κ1) is 14.4. The Kier molecular flexibility index (Phi) is 3.67. The highest BCUT2D eigenvalue weighted by Gasteiger charge is 2.23. The first-order valence-electron chi connectivity index (χ1n) is 6.39. The molecule has 2 heterocycles. The minimum atomic E-state index is -0.686. The van der Waals surface area contributed by atoms with Crippen molar-refractivity contribution < 1.29 is 8.78 Å². The van der Waals surface area contributed by atoms with Gasteiger partial charge in [0, 0.05) is 23.7 Å². The summed E-state index contributed by atoms with van der Waals surface area (Å²) >= 11 is 7.64.